The quantitative estimate of drug-likeness (QED) is 0.848. The van der Waals surface area contributed by atoms with E-state index in [2.05, 4.69) is 10.0 Å². The lowest BCUT2D eigenvalue weighted by atomic mass is 10.2. The third-order valence-electron chi connectivity index (χ3n) is 3.84. The molecule has 2 N–H and O–H groups in total. The zero-order valence-corrected chi connectivity index (χ0v) is 13.0. The lowest BCUT2D eigenvalue weighted by Crippen LogP contribution is -2.34. The number of nitrogens with one attached hydrogen (secondary N) is 2. The molecule has 0 spiro atoms. The smallest absolute Gasteiger partial charge is 0.242 e. The molecule has 1 aromatic rings. The molecule has 0 saturated heterocycles. The van der Waals surface area contributed by atoms with E-state index in [1.165, 1.54) is 12.8 Å². The molecule has 0 unspecified atom stereocenters. The largest absolute Gasteiger partial charge is 0.310 e. The molecule has 0 amide bonds. The Balaban J connectivity index is 1.80. The molecule has 110 valence electrons. The molecule has 3 rings (SSSR count). The van der Waals surface area contributed by atoms with Gasteiger partial charge in [0.2, 0.25) is 10.0 Å². The van der Waals surface area contributed by atoms with Crippen molar-refractivity contribution < 1.29 is 8.42 Å². The van der Waals surface area contributed by atoms with Crippen molar-refractivity contribution in [3.05, 3.63) is 28.8 Å². The monoisotopic (exact) mass is 314 g/mol. The van der Waals surface area contributed by atoms with E-state index in [1.54, 1.807) is 12.1 Å². The molecule has 0 atom stereocenters. The second kappa shape index (κ2) is 4.98. The van der Waals surface area contributed by atoms with Crippen molar-refractivity contribution in [3.8, 4) is 0 Å². The van der Waals surface area contributed by atoms with Gasteiger partial charge in [-0.05, 0) is 50.3 Å². The van der Waals surface area contributed by atoms with Gasteiger partial charge >= 0.3 is 0 Å². The van der Waals surface area contributed by atoms with Gasteiger partial charge in [0.1, 0.15) is 4.90 Å². The van der Waals surface area contributed by atoms with Crippen LogP contribution in [0.5, 0.6) is 0 Å². The molecule has 0 radical (unpaired) electrons. The maximum atomic E-state index is 12.4. The van der Waals surface area contributed by atoms with Crippen LogP contribution in [0.15, 0.2) is 23.1 Å². The van der Waals surface area contributed by atoms with Crippen molar-refractivity contribution in [1.29, 1.82) is 0 Å². The number of rotatable bonds is 6. The van der Waals surface area contributed by atoms with Gasteiger partial charge in [-0.15, -0.1) is 0 Å². The predicted molar refractivity (Wildman–Crippen MR) is 79.3 cm³/mol. The molecule has 2 aliphatic rings. The van der Waals surface area contributed by atoms with Crippen molar-refractivity contribution >= 4 is 21.6 Å². The number of hydrogen-bond donors (Lipinski definition) is 2. The van der Waals surface area contributed by atoms with E-state index in [0.29, 0.717) is 12.6 Å². The first kappa shape index (κ1) is 14.3. The minimum atomic E-state index is -3.54. The highest BCUT2D eigenvalue weighted by Gasteiger charge is 2.41. The molecule has 2 fully saturated rings. The first-order chi connectivity index (χ1) is 9.38. The Kier molecular flexibility index (Phi) is 3.57. The SMILES string of the molecule is CC1(NS(=O)(=O)c2cc(CNC3CC3)ccc2Cl)CC1. The summed E-state index contributed by atoms with van der Waals surface area (Å²) in [5.74, 6) is 0. The zero-order valence-electron chi connectivity index (χ0n) is 11.4. The van der Waals surface area contributed by atoms with Crippen LogP contribution in [-0.4, -0.2) is 20.0 Å². The molecule has 6 heteroatoms. The summed E-state index contributed by atoms with van der Waals surface area (Å²) in [6, 6.07) is 5.80. The van der Waals surface area contributed by atoms with E-state index in [9.17, 15) is 8.42 Å². The molecule has 20 heavy (non-hydrogen) atoms. The van der Waals surface area contributed by atoms with Crippen LogP contribution in [0.3, 0.4) is 0 Å². The van der Waals surface area contributed by atoms with Crippen LogP contribution in [0, 0.1) is 0 Å². The summed E-state index contributed by atoms with van der Waals surface area (Å²) in [6.07, 6.45) is 4.18. The van der Waals surface area contributed by atoms with Gasteiger partial charge in [0.25, 0.3) is 0 Å². The fourth-order valence-corrected chi connectivity index (χ4v) is 4.10. The average Bonchev–Trinajstić information content (AvgIpc) is 3.26. The molecular formula is C14H19ClN2O2S. The number of sulfonamides is 1. The maximum Gasteiger partial charge on any atom is 0.242 e. The Hall–Kier alpha value is -0.620. The van der Waals surface area contributed by atoms with Crippen LogP contribution in [0.2, 0.25) is 5.02 Å². The van der Waals surface area contributed by atoms with Crippen LogP contribution in [0.1, 0.15) is 38.2 Å². The van der Waals surface area contributed by atoms with E-state index in [0.717, 1.165) is 18.4 Å². The maximum absolute atomic E-state index is 12.4. The summed E-state index contributed by atoms with van der Waals surface area (Å²) in [5, 5.41) is 3.65. The first-order valence-electron chi connectivity index (χ1n) is 6.94. The molecule has 4 nitrogen and oxygen atoms in total. The Morgan fingerprint density at radius 1 is 1.35 bits per heavy atom. The highest BCUT2D eigenvalue weighted by Crippen LogP contribution is 2.36. The molecule has 0 heterocycles. The Morgan fingerprint density at radius 2 is 2.05 bits per heavy atom. The zero-order chi connectivity index (χ0) is 14.4. The highest BCUT2D eigenvalue weighted by atomic mass is 35.5. The number of benzene rings is 1. The van der Waals surface area contributed by atoms with Gasteiger partial charge in [-0.1, -0.05) is 17.7 Å². The summed E-state index contributed by atoms with van der Waals surface area (Å²) in [7, 11) is -3.54. The van der Waals surface area contributed by atoms with E-state index < -0.39 is 10.0 Å². The second-order valence-electron chi connectivity index (χ2n) is 6.09. The summed E-state index contributed by atoms with van der Waals surface area (Å²) in [4.78, 5) is 0.183. The fourth-order valence-electron chi connectivity index (χ4n) is 2.08. The van der Waals surface area contributed by atoms with Crippen molar-refractivity contribution in [2.45, 2.75) is 55.6 Å². The average molecular weight is 315 g/mol. The van der Waals surface area contributed by atoms with Crippen LogP contribution >= 0.6 is 11.6 Å². The topological polar surface area (TPSA) is 58.2 Å². The van der Waals surface area contributed by atoms with Gasteiger partial charge in [-0.3, -0.25) is 0 Å². The lowest BCUT2D eigenvalue weighted by Gasteiger charge is -2.14. The number of halogens is 1. The van der Waals surface area contributed by atoms with Crippen LogP contribution < -0.4 is 10.0 Å². The van der Waals surface area contributed by atoms with Crippen molar-refractivity contribution in [3.63, 3.8) is 0 Å². The molecule has 0 aliphatic heterocycles. The molecule has 2 saturated carbocycles. The summed E-state index contributed by atoms with van der Waals surface area (Å²) >= 11 is 6.07. The minimum absolute atomic E-state index is 0.183. The number of hydrogen-bond acceptors (Lipinski definition) is 3. The minimum Gasteiger partial charge on any atom is -0.310 e. The molecule has 2 aliphatic carbocycles. The summed E-state index contributed by atoms with van der Waals surface area (Å²) < 4.78 is 27.5. The fraction of sp³-hybridized carbons (Fsp3) is 0.571. The third kappa shape index (κ3) is 3.34. The van der Waals surface area contributed by atoms with E-state index in [4.69, 9.17) is 11.6 Å². The van der Waals surface area contributed by atoms with Crippen molar-refractivity contribution in [2.24, 2.45) is 0 Å². The Bertz CT molecular complexity index is 622. The second-order valence-corrected chi connectivity index (χ2v) is 8.14. The normalized spacial score (nSPS) is 20.9. The highest BCUT2D eigenvalue weighted by molar-refractivity contribution is 7.89. The van der Waals surface area contributed by atoms with Gasteiger partial charge < -0.3 is 5.32 Å². The van der Waals surface area contributed by atoms with Gasteiger partial charge in [0, 0.05) is 18.1 Å². The van der Waals surface area contributed by atoms with Gasteiger partial charge in [-0.25, -0.2) is 13.1 Å². The van der Waals surface area contributed by atoms with Crippen LogP contribution in [0.4, 0.5) is 0 Å². The lowest BCUT2D eigenvalue weighted by molar-refractivity contribution is 0.558. The van der Waals surface area contributed by atoms with E-state index in [1.807, 2.05) is 13.0 Å². The van der Waals surface area contributed by atoms with Crippen LogP contribution in [-0.2, 0) is 16.6 Å². The van der Waals surface area contributed by atoms with E-state index in [-0.39, 0.29) is 15.5 Å². The Labute approximate surface area is 125 Å². The molecule has 0 aromatic heterocycles. The predicted octanol–water partition coefficient (Wildman–Crippen LogP) is 2.42. The third-order valence-corrected chi connectivity index (χ3v) is 5.96. The first-order valence-corrected chi connectivity index (χ1v) is 8.80. The summed E-state index contributed by atoms with van der Waals surface area (Å²) in [6.45, 7) is 2.60. The summed E-state index contributed by atoms with van der Waals surface area (Å²) in [5.41, 5.74) is 0.660. The van der Waals surface area contributed by atoms with Gasteiger partial charge in [0.05, 0.1) is 5.02 Å². The van der Waals surface area contributed by atoms with Crippen LogP contribution in [0.25, 0.3) is 0 Å². The van der Waals surface area contributed by atoms with E-state index >= 15 is 0 Å². The van der Waals surface area contributed by atoms with Crippen molar-refractivity contribution in [1.82, 2.24) is 10.0 Å². The molecule has 1 aromatic carbocycles. The molecular weight excluding hydrogens is 296 g/mol. The Morgan fingerprint density at radius 3 is 2.65 bits per heavy atom. The standard InChI is InChI=1S/C14H19ClN2O2S/c1-14(6-7-14)17-20(18,19)13-8-10(2-5-12(13)15)9-16-11-3-4-11/h2,5,8,11,16-17H,3-4,6-7,9H2,1H3. The van der Waals surface area contributed by atoms with Gasteiger partial charge in [-0.2, -0.15) is 0 Å². The van der Waals surface area contributed by atoms with Crippen molar-refractivity contribution in [2.75, 3.05) is 0 Å². The molecule has 0 bridgehead atoms. The van der Waals surface area contributed by atoms with Gasteiger partial charge in [0.15, 0.2) is 0 Å².